The molecule has 0 spiro atoms. The number of hydrogen-bond acceptors (Lipinski definition) is 6. The smallest absolute Gasteiger partial charge is 0.267 e. The second-order valence-electron chi connectivity index (χ2n) is 5.94. The van der Waals surface area contributed by atoms with Gasteiger partial charge in [-0.3, -0.25) is 10.0 Å². The Morgan fingerprint density at radius 1 is 1.19 bits per heavy atom. The van der Waals surface area contributed by atoms with Crippen LogP contribution < -0.4 is 14.9 Å². The Kier molecular flexibility index (Phi) is 5.42. The van der Waals surface area contributed by atoms with Crippen molar-refractivity contribution in [1.82, 2.24) is 10.2 Å². The molecule has 1 aliphatic heterocycles. The SMILES string of the molecule is O=C(NO)[C@@]1(NS(=O)(=O)c2ccc(Oc3ccccc3F)cc2)CCOC1. The first kappa shape index (κ1) is 19.2. The molecular weight excluding hydrogens is 379 g/mol. The molecule has 1 heterocycles. The Balaban J connectivity index is 1.79. The summed E-state index contributed by atoms with van der Waals surface area (Å²) in [6, 6.07) is 11.1. The number of carbonyl (C=O) groups is 1. The lowest BCUT2D eigenvalue weighted by atomic mass is 10.00. The second-order valence-corrected chi connectivity index (χ2v) is 7.62. The summed E-state index contributed by atoms with van der Waals surface area (Å²) >= 11 is 0. The van der Waals surface area contributed by atoms with Crippen LogP contribution in [0.2, 0.25) is 0 Å². The number of para-hydroxylation sites is 1. The molecule has 3 rings (SSSR count). The number of halogens is 1. The van der Waals surface area contributed by atoms with Gasteiger partial charge >= 0.3 is 0 Å². The number of amides is 1. The lowest BCUT2D eigenvalue weighted by molar-refractivity contribution is -0.135. The van der Waals surface area contributed by atoms with Gasteiger partial charge in [0.1, 0.15) is 11.3 Å². The van der Waals surface area contributed by atoms with Crippen LogP contribution in [0, 0.1) is 5.82 Å². The van der Waals surface area contributed by atoms with E-state index in [-0.39, 0.29) is 36.0 Å². The molecule has 3 N–H and O–H groups in total. The first-order valence-corrected chi connectivity index (χ1v) is 9.43. The van der Waals surface area contributed by atoms with Crippen molar-refractivity contribution < 1.29 is 32.3 Å². The number of carbonyl (C=O) groups excluding carboxylic acids is 1. The van der Waals surface area contributed by atoms with Gasteiger partial charge in [0.2, 0.25) is 10.0 Å². The minimum Gasteiger partial charge on any atom is -0.454 e. The van der Waals surface area contributed by atoms with E-state index in [1.54, 1.807) is 6.07 Å². The number of ether oxygens (including phenoxy) is 2. The first-order chi connectivity index (χ1) is 12.9. The zero-order valence-corrected chi connectivity index (χ0v) is 14.8. The Hall–Kier alpha value is -2.53. The highest BCUT2D eigenvalue weighted by atomic mass is 32.2. The minimum absolute atomic E-state index is 0.00732. The highest BCUT2D eigenvalue weighted by Crippen LogP contribution is 2.26. The number of hydroxylamine groups is 1. The predicted molar refractivity (Wildman–Crippen MR) is 91.3 cm³/mol. The van der Waals surface area contributed by atoms with E-state index in [4.69, 9.17) is 14.7 Å². The van der Waals surface area contributed by atoms with Gasteiger partial charge in [-0.2, -0.15) is 4.72 Å². The molecule has 8 nitrogen and oxygen atoms in total. The Morgan fingerprint density at radius 2 is 1.89 bits per heavy atom. The maximum Gasteiger partial charge on any atom is 0.267 e. The molecule has 1 saturated heterocycles. The molecule has 10 heteroatoms. The molecule has 2 aromatic carbocycles. The van der Waals surface area contributed by atoms with E-state index in [0.29, 0.717) is 0 Å². The van der Waals surface area contributed by atoms with Crippen LogP contribution in [0.15, 0.2) is 53.4 Å². The quantitative estimate of drug-likeness (QED) is 0.504. The van der Waals surface area contributed by atoms with Crippen LogP contribution in [-0.4, -0.2) is 38.3 Å². The third kappa shape index (κ3) is 4.08. The summed E-state index contributed by atoms with van der Waals surface area (Å²) in [5.74, 6) is -1.20. The second kappa shape index (κ2) is 7.61. The Morgan fingerprint density at radius 3 is 2.48 bits per heavy atom. The lowest BCUT2D eigenvalue weighted by Gasteiger charge is -2.25. The average Bonchev–Trinajstić information content (AvgIpc) is 3.12. The van der Waals surface area contributed by atoms with Gasteiger partial charge in [-0.05, 0) is 36.4 Å². The molecule has 0 bridgehead atoms. The molecule has 27 heavy (non-hydrogen) atoms. The monoisotopic (exact) mass is 396 g/mol. The topological polar surface area (TPSA) is 114 Å². The van der Waals surface area contributed by atoms with E-state index < -0.39 is 27.3 Å². The largest absolute Gasteiger partial charge is 0.454 e. The standard InChI is InChI=1S/C17H17FN2O6S/c18-14-3-1-2-4-15(14)26-12-5-7-13(8-6-12)27(23,24)20-17(16(21)19-22)9-10-25-11-17/h1-8,20,22H,9-11H2,(H,19,21)/t17-/m1/s1. The zero-order valence-electron chi connectivity index (χ0n) is 14.0. The van der Waals surface area contributed by atoms with E-state index in [0.717, 1.165) is 0 Å². The van der Waals surface area contributed by atoms with Gasteiger partial charge in [0.15, 0.2) is 11.6 Å². The van der Waals surface area contributed by atoms with Gasteiger partial charge in [0, 0.05) is 13.0 Å². The van der Waals surface area contributed by atoms with E-state index in [1.165, 1.54) is 47.9 Å². The van der Waals surface area contributed by atoms with Crippen molar-refractivity contribution >= 4 is 15.9 Å². The molecule has 1 fully saturated rings. The van der Waals surface area contributed by atoms with Crippen molar-refractivity contribution in [2.24, 2.45) is 0 Å². The van der Waals surface area contributed by atoms with Gasteiger partial charge in [-0.15, -0.1) is 0 Å². The normalized spacial score (nSPS) is 19.6. The van der Waals surface area contributed by atoms with Crippen LogP contribution in [0.1, 0.15) is 6.42 Å². The summed E-state index contributed by atoms with van der Waals surface area (Å²) in [4.78, 5) is 11.8. The summed E-state index contributed by atoms with van der Waals surface area (Å²) in [6.45, 7) is -0.0293. The van der Waals surface area contributed by atoms with Crippen molar-refractivity contribution in [3.63, 3.8) is 0 Å². The Labute approximate surface area is 154 Å². The van der Waals surface area contributed by atoms with Crippen LogP contribution in [0.5, 0.6) is 11.5 Å². The third-order valence-corrected chi connectivity index (χ3v) is 5.64. The molecular formula is C17H17FN2O6S. The molecule has 0 radical (unpaired) electrons. The van der Waals surface area contributed by atoms with Crippen LogP contribution in [0.4, 0.5) is 4.39 Å². The Bertz CT molecular complexity index is 927. The van der Waals surface area contributed by atoms with Gasteiger partial charge in [-0.1, -0.05) is 12.1 Å². The molecule has 1 aliphatic rings. The highest BCUT2D eigenvalue weighted by molar-refractivity contribution is 7.89. The van der Waals surface area contributed by atoms with Crippen LogP contribution in [0.25, 0.3) is 0 Å². The summed E-state index contributed by atoms with van der Waals surface area (Å²) in [6.07, 6.45) is 0.0765. The molecule has 1 amide bonds. The van der Waals surface area contributed by atoms with Gasteiger partial charge in [0.05, 0.1) is 11.5 Å². The fourth-order valence-electron chi connectivity index (χ4n) is 2.64. The first-order valence-electron chi connectivity index (χ1n) is 7.95. The molecule has 0 unspecified atom stereocenters. The predicted octanol–water partition coefficient (Wildman–Crippen LogP) is 1.56. The molecule has 0 aromatic heterocycles. The number of rotatable bonds is 6. The van der Waals surface area contributed by atoms with Crippen molar-refractivity contribution in [3.05, 3.63) is 54.3 Å². The van der Waals surface area contributed by atoms with Gasteiger partial charge < -0.3 is 9.47 Å². The highest BCUT2D eigenvalue weighted by Gasteiger charge is 2.45. The average molecular weight is 396 g/mol. The third-order valence-electron chi connectivity index (χ3n) is 4.09. The zero-order chi connectivity index (χ0) is 19.5. The maximum absolute atomic E-state index is 13.6. The fraction of sp³-hybridized carbons (Fsp3) is 0.235. The van der Waals surface area contributed by atoms with Crippen molar-refractivity contribution in [3.8, 4) is 11.5 Å². The molecule has 0 saturated carbocycles. The van der Waals surface area contributed by atoms with Crippen LogP contribution in [0.3, 0.4) is 0 Å². The van der Waals surface area contributed by atoms with Gasteiger partial charge in [0.25, 0.3) is 5.91 Å². The number of hydrogen-bond donors (Lipinski definition) is 3. The van der Waals surface area contributed by atoms with Crippen molar-refractivity contribution in [2.45, 2.75) is 16.9 Å². The molecule has 0 aliphatic carbocycles. The maximum atomic E-state index is 13.6. The summed E-state index contributed by atoms with van der Waals surface area (Å²) in [7, 11) is -4.09. The van der Waals surface area contributed by atoms with E-state index in [9.17, 15) is 17.6 Å². The summed E-state index contributed by atoms with van der Waals surface area (Å²) in [5, 5.41) is 8.89. The van der Waals surface area contributed by atoms with E-state index in [1.807, 2.05) is 0 Å². The molecule has 144 valence electrons. The molecule has 1 atom stereocenters. The van der Waals surface area contributed by atoms with Crippen molar-refractivity contribution in [1.29, 1.82) is 0 Å². The fourth-order valence-corrected chi connectivity index (χ4v) is 4.02. The summed E-state index contributed by atoms with van der Waals surface area (Å²) < 4.78 is 51.6. The lowest BCUT2D eigenvalue weighted by Crippen LogP contribution is -2.58. The van der Waals surface area contributed by atoms with Crippen molar-refractivity contribution in [2.75, 3.05) is 13.2 Å². The van der Waals surface area contributed by atoms with E-state index in [2.05, 4.69) is 4.72 Å². The van der Waals surface area contributed by atoms with E-state index >= 15 is 0 Å². The van der Waals surface area contributed by atoms with Crippen LogP contribution >= 0.6 is 0 Å². The number of nitrogens with one attached hydrogen (secondary N) is 2. The minimum atomic E-state index is -4.09. The van der Waals surface area contributed by atoms with Crippen LogP contribution in [-0.2, 0) is 19.6 Å². The summed E-state index contributed by atoms with van der Waals surface area (Å²) in [5.41, 5.74) is -0.125. The van der Waals surface area contributed by atoms with Gasteiger partial charge in [-0.25, -0.2) is 18.3 Å². The molecule has 2 aromatic rings. The number of sulfonamides is 1. The number of benzene rings is 2.